The molecule has 2 saturated heterocycles. The van der Waals surface area contributed by atoms with Crippen molar-refractivity contribution in [2.75, 3.05) is 26.4 Å². The average Bonchev–Trinajstić information content (AvgIpc) is 3.13. The highest BCUT2D eigenvalue weighted by Crippen LogP contribution is 2.51. The molecular formula is C26H34F6N2O4. The lowest BCUT2D eigenvalue weighted by atomic mass is 9.65. The van der Waals surface area contributed by atoms with Crippen LogP contribution in [0.15, 0.2) is 18.2 Å². The minimum atomic E-state index is -4.98. The van der Waals surface area contributed by atoms with Crippen molar-refractivity contribution in [3.63, 3.8) is 0 Å². The predicted molar refractivity (Wildman–Crippen MR) is 125 cm³/mol. The molecule has 0 bridgehead atoms. The second-order valence-corrected chi connectivity index (χ2v) is 10.7. The van der Waals surface area contributed by atoms with Gasteiger partial charge in [-0.15, -0.1) is 0 Å². The Bertz CT molecular complexity index is 939. The molecule has 214 valence electrons. The Hall–Kier alpha value is -1.89. The zero-order chi connectivity index (χ0) is 27.6. The normalized spacial score (nSPS) is 28.6. The molecule has 3 unspecified atom stereocenters. The van der Waals surface area contributed by atoms with E-state index in [0.29, 0.717) is 44.6 Å². The number of alkyl halides is 6. The molecule has 0 aromatic heterocycles. The zero-order valence-corrected chi connectivity index (χ0v) is 21.0. The number of halogens is 6. The van der Waals surface area contributed by atoms with E-state index in [2.05, 4.69) is 10.6 Å². The molecule has 2 aliphatic heterocycles. The van der Waals surface area contributed by atoms with Gasteiger partial charge in [0.1, 0.15) is 0 Å². The highest BCUT2D eigenvalue weighted by atomic mass is 19.4. The molecule has 3 N–H and O–H groups in total. The van der Waals surface area contributed by atoms with E-state index in [0.717, 1.165) is 19.3 Å². The van der Waals surface area contributed by atoms with Crippen LogP contribution in [0.3, 0.4) is 0 Å². The fourth-order valence-corrected chi connectivity index (χ4v) is 6.09. The van der Waals surface area contributed by atoms with E-state index >= 15 is 0 Å². The van der Waals surface area contributed by atoms with Crippen molar-refractivity contribution in [3.8, 4) is 0 Å². The largest absolute Gasteiger partial charge is 0.416 e. The number of amides is 1. The van der Waals surface area contributed by atoms with E-state index in [1.165, 1.54) is 0 Å². The molecule has 4 rings (SSSR count). The van der Waals surface area contributed by atoms with Crippen LogP contribution in [0.1, 0.15) is 68.1 Å². The molecular weight excluding hydrogens is 518 g/mol. The molecule has 6 nitrogen and oxygen atoms in total. The number of hydrogen-bond donors (Lipinski definition) is 3. The molecule has 0 spiro atoms. The number of benzene rings is 1. The zero-order valence-electron chi connectivity index (χ0n) is 21.0. The Morgan fingerprint density at radius 3 is 2.13 bits per heavy atom. The monoisotopic (exact) mass is 552 g/mol. The van der Waals surface area contributed by atoms with Gasteiger partial charge in [-0.05, 0) is 62.3 Å². The molecule has 0 radical (unpaired) electrons. The summed E-state index contributed by atoms with van der Waals surface area (Å²) < 4.78 is 90.6. The van der Waals surface area contributed by atoms with Gasteiger partial charge in [0, 0.05) is 57.9 Å². The molecule has 12 heteroatoms. The summed E-state index contributed by atoms with van der Waals surface area (Å²) in [6.07, 6.45) is -5.62. The van der Waals surface area contributed by atoms with Gasteiger partial charge in [-0.2, -0.15) is 26.3 Å². The summed E-state index contributed by atoms with van der Waals surface area (Å²) in [4.78, 5) is 13.7. The van der Waals surface area contributed by atoms with Crippen LogP contribution in [0.2, 0.25) is 0 Å². The summed E-state index contributed by atoms with van der Waals surface area (Å²) in [5, 5.41) is 17.8. The topological polar surface area (TPSA) is 79.8 Å². The lowest BCUT2D eigenvalue weighted by Crippen LogP contribution is -2.58. The van der Waals surface area contributed by atoms with Crippen LogP contribution >= 0.6 is 0 Å². The second kappa shape index (κ2) is 11.3. The van der Waals surface area contributed by atoms with Crippen molar-refractivity contribution in [2.24, 2.45) is 5.41 Å². The standard InChI is InChI=1S/C26H34F6N2O4/c27-25(28,29)18-12-17(13-19(14-18)26(30,31)32)16-33-22(35)23(24(36)6-10-38-11-7-24)5-3-21(15-23)34-20-2-1-8-37-9-4-20/h12-14,20-21,34,36H,1-11,15-16H2,(H,33,35). The first-order valence-electron chi connectivity index (χ1n) is 13.0. The number of hydrogen-bond acceptors (Lipinski definition) is 5. The lowest BCUT2D eigenvalue weighted by molar-refractivity contribution is -0.168. The maximum atomic E-state index is 13.7. The van der Waals surface area contributed by atoms with Gasteiger partial charge in [-0.1, -0.05) is 0 Å². The van der Waals surface area contributed by atoms with Crippen LogP contribution in [0.25, 0.3) is 0 Å². The lowest BCUT2D eigenvalue weighted by Gasteiger charge is -2.46. The van der Waals surface area contributed by atoms with Crippen molar-refractivity contribution < 1.29 is 45.7 Å². The first-order valence-corrected chi connectivity index (χ1v) is 13.0. The van der Waals surface area contributed by atoms with E-state index in [-0.39, 0.29) is 49.8 Å². The first kappa shape index (κ1) is 29.1. The van der Waals surface area contributed by atoms with Gasteiger partial charge >= 0.3 is 12.4 Å². The number of nitrogens with one attached hydrogen (secondary N) is 2. The fraction of sp³-hybridized carbons (Fsp3) is 0.731. The van der Waals surface area contributed by atoms with Gasteiger partial charge in [0.05, 0.1) is 22.1 Å². The van der Waals surface area contributed by atoms with Gasteiger partial charge in [-0.25, -0.2) is 0 Å². The fourth-order valence-electron chi connectivity index (χ4n) is 6.09. The van der Waals surface area contributed by atoms with E-state index in [1.807, 2.05) is 0 Å². The van der Waals surface area contributed by atoms with Gasteiger partial charge < -0.3 is 25.2 Å². The average molecular weight is 553 g/mol. The molecule has 1 aromatic rings. The highest BCUT2D eigenvalue weighted by Gasteiger charge is 2.59. The number of aliphatic hydroxyl groups is 1. The SMILES string of the molecule is O=C(NCc1cc(C(F)(F)F)cc(C(F)(F)F)c1)C1(C2(O)CCOCC2)CCC(NC2CCCOCC2)C1. The van der Waals surface area contributed by atoms with E-state index in [9.17, 15) is 36.2 Å². The maximum Gasteiger partial charge on any atom is 0.416 e. The summed E-state index contributed by atoms with van der Waals surface area (Å²) in [5.74, 6) is -0.568. The first-order chi connectivity index (χ1) is 17.8. The molecule has 3 atom stereocenters. The third-order valence-corrected chi connectivity index (χ3v) is 8.18. The summed E-state index contributed by atoms with van der Waals surface area (Å²) in [7, 11) is 0. The molecule has 3 fully saturated rings. The van der Waals surface area contributed by atoms with E-state index < -0.39 is 46.9 Å². The quantitative estimate of drug-likeness (QED) is 0.451. The van der Waals surface area contributed by atoms with E-state index in [1.54, 1.807) is 0 Å². The minimum Gasteiger partial charge on any atom is -0.389 e. The number of rotatable bonds is 6. The molecule has 38 heavy (non-hydrogen) atoms. The molecule has 3 aliphatic rings. The number of ether oxygens (including phenoxy) is 2. The molecule has 2 heterocycles. The van der Waals surface area contributed by atoms with Gasteiger partial charge in [0.25, 0.3) is 0 Å². The summed E-state index contributed by atoms with van der Waals surface area (Å²) in [6, 6.07) is 1.41. The summed E-state index contributed by atoms with van der Waals surface area (Å²) in [5.41, 5.74) is -5.84. The Morgan fingerprint density at radius 1 is 0.868 bits per heavy atom. The summed E-state index contributed by atoms with van der Waals surface area (Å²) >= 11 is 0. The highest BCUT2D eigenvalue weighted by molar-refractivity contribution is 5.84. The second-order valence-electron chi connectivity index (χ2n) is 10.7. The van der Waals surface area contributed by atoms with Crippen LogP contribution in [-0.4, -0.2) is 55.1 Å². The number of carbonyl (C=O) groups is 1. The molecule has 1 amide bonds. The smallest absolute Gasteiger partial charge is 0.389 e. The number of carbonyl (C=O) groups excluding carboxylic acids is 1. The Morgan fingerprint density at radius 2 is 1.50 bits per heavy atom. The van der Waals surface area contributed by atoms with Crippen LogP contribution in [0.5, 0.6) is 0 Å². The van der Waals surface area contributed by atoms with Crippen LogP contribution in [-0.2, 0) is 33.2 Å². The minimum absolute atomic E-state index is 0.0589. The van der Waals surface area contributed by atoms with Crippen molar-refractivity contribution in [3.05, 3.63) is 34.9 Å². The van der Waals surface area contributed by atoms with Gasteiger partial charge in [0.15, 0.2) is 0 Å². The van der Waals surface area contributed by atoms with Crippen molar-refractivity contribution >= 4 is 5.91 Å². The summed E-state index contributed by atoms with van der Waals surface area (Å²) in [6.45, 7) is 1.31. The maximum absolute atomic E-state index is 13.7. The Labute approximate surface area is 217 Å². The van der Waals surface area contributed by atoms with Gasteiger partial charge in [0.2, 0.25) is 5.91 Å². The Kier molecular flexibility index (Phi) is 8.66. The van der Waals surface area contributed by atoms with Crippen molar-refractivity contribution in [1.82, 2.24) is 10.6 Å². The van der Waals surface area contributed by atoms with Gasteiger partial charge in [-0.3, -0.25) is 4.79 Å². The third kappa shape index (κ3) is 6.46. The Balaban J connectivity index is 1.54. The van der Waals surface area contributed by atoms with E-state index in [4.69, 9.17) is 9.47 Å². The predicted octanol–water partition coefficient (Wildman–Crippen LogP) is 4.58. The van der Waals surface area contributed by atoms with Crippen LogP contribution in [0, 0.1) is 5.41 Å². The molecule has 1 saturated carbocycles. The molecule has 1 aromatic carbocycles. The van der Waals surface area contributed by atoms with Crippen molar-refractivity contribution in [1.29, 1.82) is 0 Å². The van der Waals surface area contributed by atoms with Crippen molar-refractivity contribution in [2.45, 2.75) is 87.9 Å². The van der Waals surface area contributed by atoms with Crippen LogP contribution < -0.4 is 10.6 Å². The third-order valence-electron chi connectivity index (χ3n) is 8.18. The van der Waals surface area contributed by atoms with Crippen LogP contribution in [0.4, 0.5) is 26.3 Å². The molecule has 1 aliphatic carbocycles.